The Kier molecular flexibility index (Phi) is 24.6. The van der Waals surface area contributed by atoms with E-state index in [9.17, 15) is 29.4 Å². The summed E-state index contributed by atoms with van der Waals surface area (Å²) in [4.78, 5) is 43.4. The predicted molar refractivity (Wildman–Crippen MR) is 110 cm³/mol. The fourth-order valence-electron chi connectivity index (χ4n) is 1.96. The average Bonchev–Trinajstić information content (AvgIpc) is 2.62. The first-order valence-electron chi connectivity index (χ1n) is 9.21. The standard InChI is InChI=1S/2C9H17NO3S.Cu/c2*1-3-4-8(11)10-7(9(12)13)5-6-14-2;/h2*7H,3-6H2,1-2H3,(H,10,11)(H,12,13);/q;;+2/p-2/t2*7-;/m00./s1. The molecule has 2 atom stereocenters. The minimum Gasteiger partial charge on any atom is -0.548 e. The van der Waals surface area contributed by atoms with E-state index in [0.29, 0.717) is 50.0 Å². The number of nitrogens with one attached hydrogen (secondary N) is 2. The third-order valence-electron chi connectivity index (χ3n) is 3.41. The van der Waals surface area contributed by atoms with Gasteiger partial charge in [-0.1, -0.05) is 13.8 Å². The van der Waals surface area contributed by atoms with E-state index in [1.807, 2.05) is 26.4 Å². The van der Waals surface area contributed by atoms with Crippen molar-refractivity contribution in [1.82, 2.24) is 10.6 Å². The molecule has 11 heteroatoms. The number of aliphatic carboxylic acids is 2. The van der Waals surface area contributed by atoms with Gasteiger partial charge in [-0.15, -0.1) is 0 Å². The van der Waals surface area contributed by atoms with Crippen LogP contribution in [0.2, 0.25) is 0 Å². The minimum absolute atomic E-state index is 0. The number of thioether (sulfide) groups is 2. The molecule has 173 valence electrons. The van der Waals surface area contributed by atoms with Gasteiger partial charge in [0.15, 0.2) is 0 Å². The first kappa shape index (κ1) is 32.8. The molecular formula is C18H32CuN2O6S2. The second-order valence-corrected chi connectivity index (χ2v) is 7.91. The Hall–Kier alpha value is -0.901. The fourth-order valence-corrected chi connectivity index (χ4v) is 2.90. The van der Waals surface area contributed by atoms with E-state index in [1.54, 1.807) is 23.5 Å². The summed E-state index contributed by atoms with van der Waals surface area (Å²) in [6.07, 6.45) is 6.77. The first-order chi connectivity index (χ1) is 13.2. The molecule has 2 N–H and O–H groups in total. The molecule has 0 unspecified atom stereocenters. The second kappa shape index (κ2) is 21.8. The summed E-state index contributed by atoms with van der Waals surface area (Å²) < 4.78 is 0. The summed E-state index contributed by atoms with van der Waals surface area (Å²) in [5, 5.41) is 26.1. The molecule has 0 rings (SSSR count). The molecule has 0 aromatic rings. The van der Waals surface area contributed by atoms with Crippen LogP contribution >= 0.6 is 23.5 Å². The minimum atomic E-state index is -1.21. The number of carboxylic acids is 2. The van der Waals surface area contributed by atoms with Crippen molar-refractivity contribution >= 4 is 47.3 Å². The van der Waals surface area contributed by atoms with E-state index in [-0.39, 0.29) is 28.9 Å². The van der Waals surface area contributed by atoms with Crippen molar-refractivity contribution in [3.8, 4) is 0 Å². The van der Waals surface area contributed by atoms with Gasteiger partial charge in [-0.2, -0.15) is 23.5 Å². The summed E-state index contributed by atoms with van der Waals surface area (Å²) in [7, 11) is 0. The molecule has 0 saturated heterocycles. The third-order valence-corrected chi connectivity index (χ3v) is 4.70. The molecule has 0 heterocycles. The summed E-state index contributed by atoms with van der Waals surface area (Å²) in [5.74, 6) is -1.45. The smallest absolute Gasteiger partial charge is 0.548 e. The molecule has 0 fully saturated rings. The molecule has 0 aromatic heterocycles. The zero-order valence-corrected chi connectivity index (χ0v) is 20.0. The van der Waals surface area contributed by atoms with Gasteiger partial charge in [0.2, 0.25) is 11.8 Å². The average molecular weight is 500 g/mol. The van der Waals surface area contributed by atoms with Crippen LogP contribution in [0.25, 0.3) is 0 Å². The van der Waals surface area contributed by atoms with Gasteiger partial charge in [-0.25, -0.2) is 0 Å². The number of carboxylic acid groups (broad SMARTS) is 2. The van der Waals surface area contributed by atoms with Gasteiger partial charge in [0, 0.05) is 12.8 Å². The number of hydrogen-bond acceptors (Lipinski definition) is 8. The van der Waals surface area contributed by atoms with Gasteiger partial charge >= 0.3 is 17.1 Å². The van der Waals surface area contributed by atoms with Crippen molar-refractivity contribution in [2.75, 3.05) is 24.0 Å². The zero-order chi connectivity index (χ0) is 21.9. The maximum Gasteiger partial charge on any atom is 2.00 e. The normalized spacial score (nSPS) is 11.7. The van der Waals surface area contributed by atoms with E-state index in [1.165, 1.54) is 0 Å². The van der Waals surface area contributed by atoms with Gasteiger partial charge in [0.25, 0.3) is 0 Å². The van der Waals surface area contributed by atoms with Crippen LogP contribution in [0.1, 0.15) is 52.4 Å². The second-order valence-electron chi connectivity index (χ2n) is 5.94. The van der Waals surface area contributed by atoms with Crippen LogP contribution in [-0.2, 0) is 36.2 Å². The molecule has 0 aliphatic carbocycles. The Balaban J connectivity index is -0.000000451. The van der Waals surface area contributed by atoms with E-state index >= 15 is 0 Å². The number of carbonyl (C=O) groups is 4. The Labute approximate surface area is 192 Å². The zero-order valence-electron chi connectivity index (χ0n) is 17.4. The van der Waals surface area contributed by atoms with Gasteiger partial charge < -0.3 is 30.4 Å². The Morgan fingerprint density at radius 2 is 1.07 bits per heavy atom. The summed E-state index contributed by atoms with van der Waals surface area (Å²) in [6, 6.07) is -1.69. The van der Waals surface area contributed by atoms with Crippen LogP contribution in [0.15, 0.2) is 0 Å². The number of hydrogen-bond donors (Lipinski definition) is 2. The van der Waals surface area contributed by atoms with Gasteiger partial charge in [-0.3, -0.25) is 9.59 Å². The van der Waals surface area contributed by atoms with Crippen molar-refractivity contribution < 1.29 is 46.5 Å². The molecule has 0 aliphatic rings. The van der Waals surface area contributed by atoms with Crippen LogP contribution in [-0.4, -0.2) is 59.9 Å². The van der Waals surface area contributed by atoms with Crippen LogP contribution in [0, 0.1) is 0 Å². The van der Waals surface area contributed by atoms with Gasteiger partial charge in [0.05, 0.1) is 24.0 Å². The molecule has 29 heavy (non-hydrogen) atoms. The van der Waals surface area contributed by atoms with Crippen molar-refractivity contribution in [3.63, 3.8) is 0 Å². The van der Waals surface area contributed by atoms with E-state index in [0.717, 1.165) is 0 Å². The summed E-state index contributed by atoms with van der Waals surface area (Å²) >= 11 is 3.09. The monoisotopic (exact) mass is 499 g/mol. The number of carbonyl (C=O) groups excluding carboxylic acids is 4. The van der Waals surface area contributed by atoms with Gasteiger partial charge in [0.1, 0.15) is 0 Å². The number of amides is 2. The number of rotatable bonds is 14. The predicted octanol–water partition coefficient (Wildman–Crippen LogP) is -0.454. The van der Waals surface area contributed by atoms with Crippen LogP contribution in [0.3, 0.4) is 0 Å². The van der Waals surface area contributed by atoms with Crippen molar-refractivity contribution in [2.45, 2.75) is 64.5 Å². The third kappa shape index (κ3) is 20.2. The van der Waals surface area contributed by atoms with Crippen molar-refractivity contribution in [1.29, 1.82) is 0 Å². The van der Waals surface area contributed by atoms with Gasteiger partial charge in [-0.05, 0) is 49.7 Å². The van der Waals surface area contributed by atoms with E-state index in [2.05, 4.69) is 10.6 Å². The van der Waals surface area contributed by atoms with E-state index in [4.69, 9.17) is 0 Å². The molecule has 0 saturated carbocycles. The largest absolute Gasteiger partial charge is 2.00 e. The Morgan fingerprint density at radius 3 is 1.28 bits per heavy atom. The summed E-state index contributed by atoms with van der Waals surface area (Å²) in [6.45, 7) is 3.74. The van der Waals surface area contributed by atoms with Crippen LogP contribution in [0.5, 0.6) is 0 Å². The maximum atomic E-state index is 11.1. The molecule has 0 aromatic carbocycles. The van der Waals surface area contributed by atoms with E-state index < -0.39 is 24.0 Å². The topological polar surface area (TPSA) is 138 Å². The van der Waals surface area contributed by atoms with Crippen LogP contribution in [0.4, 0.5) is 0 Å². The first-order valence-corrected chi connectivity index (χ1v) is 12.0. The quantitative estimate of drug-likeness (QED) is 0.306. The fraction of sp³-hybridized carbons (Fsp3) is 0.778. The molecule has 2 amide bonds. The molecule has 8 nitrogen and oxygen atoms in total. The molecule has 0 spiro atoms. The molecular weight excluding hydrogens is 468 g/mol. The molecule has 0 aliphatic heterocycles. The van der Waals surface area contributed by atoms with Crippen LogP contribution < -0.4 is 20.8 Å². The van der Waals surface area contributed by atoms with Crippen molar-refractivity contribution in [2.24, 2.45) is 0 Å². The Morgan fingerprint density at radius 1 is 0.759 bits per heavy atom. The Bertz CT molecular complexity index is 441. The molecule has 0 bridgehead atoms. The maximum absolute atomic E-state index is 11.1. The molecule has 1 radical (unpaired) electrons. The summed E-state index contributed by atoms with van der Waals surface area (Å²) in [5.41, 5.74) is 0. The van der Waals surface area contributed by atoms with Crippen molar-refractivity contribution in [3.05, 3.63) is 0 Å². The SMILES string of the molecule is CCCC(=O)N[C@@H](CCSC)C(=O)[O-].CCCC(=O)N[C@@H](CCSC)C(=O)[O-].[Cu+2].